The topological polar surface area (TPSA) is 57.4 Å². The van der Waals surface area contributed by atoms with Crippen molar-refractivity contribution in [1.82, 2.24) is 4.98 Å². The molecule has 0 bridgehead atoms. The van der Waals surface area contributed by atoms with Crippen LogP contribution in [0.1, 0.15) is 13.8 Å². The molecule has 1 fully saturated rings. The summed E-state index contributed by atoms with van der Waals surface area (Å²) in [6.07, 6.45) is 0.970. The van der Waals surface area contributed by atoms with Crippen molar-refractivity contribution < 1.29 is 18.1 Å². The van der Waals surface area contributed by atoms with Gasteiger partial charge in [-0.2, -0.15) is 0 Å². The summed E-state index contributed by atoms with van der Waals surface area (Å²) in [5.41, 5.74) is 7.45. The van der Waals surface area contributed by atoms with Crippen molar-refractivity contribution >= 4 is 18.3 Å². The smallest absolute Gasteiger partial charge is 0.407 e. The second-order valence-electron chi connectivity index (χ2n) is 6.49. The molecule has 1 aromatic heterocycles. The van der Waals surface area contributed by atoms with Crippen molar-refractivity contribution in [2.45, 2.75) is 13.8 Å². The van der Waals surface area contributed by atoms with E-state index in [-0.39, 0.29) is 11.1 Å². The second kappa shape index (κ2) is 5.90. The van der Waals surface area contributed by atoms with Gasteiger partial charge >= 0.3 is 7.12 Å². The summed E-state index contributed by atoms with van der Waals surface area (Å²) in [5, 5.41) is 0. The Morgan fingerprint density at radius 2 is 1.83 bits per heavy atom. The van der Waals surface area contributed by atoms with Gasteiger partial charge in [-0.1, -0.05) is 19.9 Å². The number of anilines is 1. The standard InChI is InChI=1S/C16H17BF2N2O2/c1-16(2)8-22-17(23-9-16)11-3-10(4-13(20)5-11)15-14(19)6-12(18)7-21-15/h3-7H,8-9,20H2,1-2H3. The Hall–Kier alpha value is -1.99. The van der Waals surface area contributed by atoms with Gasteiger partial charge in [-0.15, -0.1) is 0 Å². The number of nitrogen functional groups attached to an aromatic ring is 1. The number of aromatic nitrogens is 1. The van der Waals surface area contributed by atoms with E-state index >= 15 is 0 Å². The van der Waals surface area contributed by atoms with E-state index < -0.39 is 18.8 Å². The van der Waals surface area contributed by atoms with Crippen LogP contribution in [0.25, 0.3) is 11.3 Å². The van der Waals surface area contributed by atoms with E-state index in [1.165, 1.54) is 0 Å². The van der Waals surface area contributed by atoms with Gasteiger partial charge in [0, 0.05) is 35.9 Å². The van der Waals surface area contributed by atoms with E-state index in [1.54, 1.807) is 18.2 Å². The Morgan fingerprint density at radius 1 is 1.13 bits per heavy atom. The zero-order chi connectivity index (χ0) is 16.6. The molecule has 3 rings (SSSR count). The highest BCUT2D eigenvalue weighted by Crippen LogP contribution is 2.25. The number of benzene rings is 1. The Bertz CT molecular complexity index is 730. The lowest BCUT2D eigenvalue weighted by Gasteiger charge is -2.33. The third kappa shape index (κ3) is 3.51. The first-order valence-corrected chi connectivity index (χ1v) is 7.29. The Morgan fingerprint density at radius 3 is 2.48 bits per heavy atom. The van der Waals surface area contributed by atoms with Gasteiger partial charge in [0.15, 0.2) is 5.82 Å². The lowest BCUT2D eigenvalue weighted by Crippen LogP contribution is -2.47. The van der Waals surface area contributed by atoms with E-state index in [1.807, 2.05) is 13.8 Å². The first-order chi connectivity index (χ1) is 10.8. The largest absolute Gasteiger partial charge is 0.493 e. The lowest BCUT2D eigenvalue weighted by molar-refractivity contribution is 0.0343. The van der Waals surface area contributed by atoms with Crippen molar-refractivity contribution in [3.05, 3.63) is 42.1 Å². The molecule has 7 heteroatoms. The van der Waals surface area contributed by atoms with Crippen molar-refractivity contribution in [3.8, 4) is 11.3 Å². The van der Waals surface area contributed by atoms with E-state index in [2.05, 4.69) is 4.98 Å². The van der Waals surface area contributed by atoms with Gasteiger partial charge in [0.25, 0.3) is 0 Å². The molecule has 0 unspecified atom stereocenters. The quantitative estimate of drug-likeness (QED) is 0.682. The molecule has 1 saturated heterocycles. The summed E-state index contributed by atoms with van der Waals surface area (Å²) in [7, 11) is -0.561. The van der Waals surface area contributed by atoms with E-state index in [0.717, 1.165) is 12.3 Å². The van der Waals surface area contributed by atoms with Crippen LogP contribution in [-0.4, -0.2) is 25.3 Å². The van der Waals surface area contributed by atoms with Crippen LogP contribution in [0.5, 0.6) is 0 Å². The second-order valence-corrected chi connectivity index (χ2v) is 6.49. The predicted octanol–water partition coefficient (Wildman–Crippen LogP) is 2.38. The molecule has 0 amide bonds. The SMILES string of the molecule is CC1(C)COB(c2cc(N)cc(-c3ncc(F)cc3F)c2)OC1. The van der Waals surface area contributed by atoms with Gasteiger partial charge in [-0.05, 0) is 17.6 Å². The van der Waals surface area contributed by atoms with Crippen LogP contribution < -0.4 is 11.2 Å². The highest BCUT2D eigenvalue weighted by atomic mass is 19.1. The maximum atomic E-state index is 13.9. The fourth-order valence-electron chi connectivity index (χ4n) is 2.46. The molecule has 120 valence electrons. The third-order valence-electron chi connectivity index (χ3n) is 3.58. The zero-order valence-electron chi connectivity index (χ0n) is 13.0. The first-order valence-electron chi connectivity index (χ1n) is 7.29. The monoisotopic (exact) mass is 318 g/mol. The number of hydrogen-bond acceptors (Lipinski definition) is 4. The highest BCUT2D eigenvalue weighted by molar-refractivity contribution is 6.61. The normalized spacial score (nSPS) is 17.3. The summed E-state index contributed by atoms with van der Waals surface area (Å²) in [5.74, 6) is -1.47. The van der Waals surface area contributed by atoms with Crippen LogP contribution in [0.4, 0.5) is 14.5 Å². The Kier molecular flexibility index (Phi) is 4.08. The van der Waals surface area contributed by atoms with Gasteiger partial charge in [-0.3, -0.25) is 4.98 Å². The van der Waals surface area contributed by atoms with Crippen LogP contribution in [0, 0.1) is 17.0 Å². The molecule has 0 radical (unpaired) electrons. The van der Waals surface area contributed by atoms with Crippen LogP contribution >= 0.6 is 0 Å². The summed E-state index contributed by atoms with van der Waals surface area (Å²) < 4.78 is 38.4. The molecular weight excluding hydrogens is 301 g/mol. The molecule has 23 heavy (non-hydrogen) atoms. The number of nitrogens with two attached hydrogens (primary N) is 1. The molecule has 0 atom stereocenters. The number of pyridine rings is 1. The molecule has 4 nitrogen and oxygen atoms in total. The fraction of sp³-hybridized carbons (Fsp3) is 0.312. The Labute approximate surface area is 133 Å². The summed E-state index contributed by atoms with van der Waals surface area (Å²) >= 11 is 0. The molecule has 1 aliphatic heterocycles. The van der Waals surface area contributed by atoms with Crippen molar-refractivity contribution in [2.75, 3.05) is 18.9 Å². The van der Waals surface area contributed by atoms with Gasteiger partial charge in [0.1, 0.15) is 11.5 Å². The van der Waals surface area contributed by atoms with Crippen LogP contribution in [-0.2, 0) is 9.31 Å². The molecule has 1 aliphatic rings. The maximum Gasteiger partial charge on any atom is 0.493 e. The molecule has 2 N–H and O–H groups in total. The molecule has 2 heterocycles. The number of rotatable bonds is 2. The van der Waals surface area contributed by atoms with E-state index in [4.69, 9.17) is 15.0 Å². The van der Waals surface area contributed by atoms with Crippen LogP contribution in [0.2, 0.25) is 0 Å². The minimum absolute atomic E-state index is 0.0380. The number of halogens is 2. The number of hydrogen-bond donors (Lipinski definition) is 1. The highest BCUT2D eigenvalue weighted by Gasteiger charge is 2.33. The van der Waals surface area contributed by atoms with Crippen LogP contribution in [0.15, 0.2) is 30.5 Å². The van der Waals surface area contributed by atoms with E-state index in [0.29, 0.717) is 29.9 Å². The van der Waals surface area contributed by atoms with E-state index in [9.17, 15) is 8.78 Å². The average Bonchev–Trinajstić information content (AvgIpc) is 2.46. The molecule has 2 aromatic rings. The molecule has 0 spiro atoms. The molecule has 0 saturated carbocycles. The predicted molar refractivity (Wildman–Crippen MR) is 85.1 cm³/mol. The minimum atomic E-state index is -0.742. The zero-order valence-corrected chi connectivity index (χ0v) is 13.0. The molecule has 1 aromatic carbocycles. The van der Waals surface area contributed by atoms with Crippen LogP contribution in [0.3, 0.4) is 0 Å². The summed E-state index contributed by atoms with van der Waals surface area (Å²) in [6.45, 7) is 5.19. The average molecular weight is 318 g/mol. The van der Waals surface area contributed by atoms with Gasteiger partial charge in [-0.25, -0.2) is 8.78 Å². The van der Waals surface area contributed by atoms with Crippen molar-refractivity contribution in [2.24, 2.45) is 5.41 Å². The van der Waals surface area contributed by atoms with Gasteiger partial charge < -0.3 is 15.0 Å². The molecular formula is C16H17BF2N2O2. The maximum absolute atomic E-state index is 13.9. The summed E-state index contributed by atoms with van der Waals surface area (Å²) in [4.78, 5) is 3.81. The minimum Gasteiger partial charge on any atom is -0.407 e. The fourth-order valence-corrected chi connectivity index (χ4v) is 2.46. The summed E-state index contributed by atoms with van der Waals surface area (Å²) in [6, 6.07) is 5.79. The first kappa shape index (κ1) is 15.9. The van der Waals surface area contributed by atoms with Crippen molar-refractivity contribution in [1.29, 1.82) is 0 Å². The third-order valence-corrected chi connectivity index (χ3v) is 3.58. The number of nitrogens with zero attached hydrogens (tertiary/aromatic N) is 1. The van der Waals surface area contributed by atoms with Gasteiger partial charge in [0.2, 0.25) is 0 Å². The lowest BCUT2D eigenvalue weighted by atomic mass is 9.75. The molecule has 0 aliphatic carbocycles. The Balaban J connectivity index is 1.93. The van der Waals surface area contributed by atoms with Crippen molar-refractivity contribution in [3.63, 3.8) is 0 Å². The van der Waals surface area contributed by atoms with Gasteiger partial charge in [0.05, 0.1) is 6.20 Å².